The van der Waals surface area contributed by atoms with Crippen LogP contribution in [-0.2, 0) is 6.42 Å². The molecule has 1 heterocycles. The molecule has 0 bridgehead atoms. The van der Waals surface area contributed by atoms with E-state index in [1.165, 1.54) is 37.9 Å². The van der Waals surface area contributed by atoms with E-state index >= 15 is 0 Å². The van der Waals surface area contributed by atoms with E-state index in [0.717, 1.165) is 24.3 Å². The minimum absolute atomic E-state index is 0.0428. The van der Waals surface area contributed by atoms with Crippen molar-refractivity contribution in [2.75, 3.05) is 25.0 Å². The molecule has 1 N–H and O–H groups in total. The van der Waals surface area contributed by atoms with E-state index < -0.39 is 0 Å². The number of piperidine rings is 1. The van der Waals surface area contributed by atoms with Crippen LogP contribution in [0.5, 0.6) is 0 Å². The second-order valence-electron chi connectivity index (χ2n) is 7.86. The second-order valence-corrected chi connectivity index (χ2v) is 8.30. The highest BCUT2D eigenvalue weighted by Crippen LogP contribution is 2.27. The van der Waals surface area contributed by atoms with E-state index in [0.29, 0.717) is 16.1 Å². The molecule has 4 rings (SSSR count). The Morgan fingerprint density at radius 3 is 2.37 bits per heavy atom. The maximum Gasteiger partial charge on any atom is 0.195 e. The molecule has 0 saturated carbocycles. The highest BCUT2D eigenvalue weighted by Gasteiger charge is 2.15. The van der Waals surface area contributed by atoms with Crippen molar-refractivity contribution >= 4 is 28.8 Å². The smallest absolute Gasteiger partial charge is 0.195 e. The lowest BCUT2D eigenvalue weighted by atomic mass is 10.0. The first-order valence-corrected chi connectivity index (χ1v) is 11.0. The quantitative estimate of drug-likeness (QED) is 0.454. The Bertz CT molecular complexity index is 980. The molecule has 0 radical (unpaired) electrons. The minimum Gasteiger partial charge on any atom is -0.355 e. The van der Waals surface area contributed by atoms with E-state index in [-0.39, 0.29) is 5.78 Å². The number of hydrogen-bond acceptors (Lipinski definition) is 3. The molecule has 4 heteroatoms. The molecule has 154 valence electrons. The van der Waals surface area contributed by atoms with Gasteiger partial charge in [-0.1, -0.05) is 60.5 Å². The van der Waals surface area contributed by atoms with Crippen LogP contribution in [0.3, 0.4) is 0 Å². The first-order chi connectivity index (χ1) is 14.7. The molecule has 1 saturated heterocycles. The number of halogens is 1. The van der Waals surface area contributed by atoms with Gasteiger partial charge in [-0.25, -0.2) is 0 Å². The first kappa shape index (κ1) is 20.6. The third-order valence-electron chi connectivity index (χ3n) is 5.66. The lowest BCUT2D eigenvalue weighted by molar-refractivity contribution is 0.103. The summed E-state index contributed by atoms with van der Waals surface area (Å²) >= 11 is 6.19. The van der Waals surface area contributed by atoms with Crippen LogP contribution >= 0.6 is 11.6 Å². The Morgan fingerprint density at radius 1 is 0.900 bits per heavy atom. The lowest BCUT2D eigenvalue weighted by Gasteiger charge is -2.26. The van der Waals surface area contributed by atoms with E-state index in [4.69, 9.17) is 11.6 Å². The normalized spacial score (nSPS) is 14.4. The van der Waals surface area contributed by atoms with Crippen molar-refractivity contribution in [2.24, 2.45) is 0 Å². The van der Waals surface area contributed by atoms with Crippen LogP contribution in [0, 0.1) is 0 Å². The number of rotatable bonds is 7. The predicted molar refractivity (Wildman–Crippen MR) is 125 cm³/mol. The van der Waals surface area contributed by atoms with Crippen molar-refractivity contribution in [2.45, 2.75) is 25.7 Å². The average molecular weight is 419 g/mol. The zero-order valence-electron chi connectivity index (χ0n) is 17.1. The maximum atomic E-state index is 13.0. The highest BCUT2D eigenvalue weighted by atomic mass is 35.5. The Labute approximate surface area is 183 Å². The Morgan fingerprint density at radius 2 is 1.63 bits per heavy atom. The van der Waals surface area contributed by atoms with Crippen molar-refractivity contribution in [3.63, 3.8) is 0 Å². The lowest BCUT2D eigenvalue weighted by Crippen LogP contribution is -2.31. The number of anilines is 2. The molecule has 30 heavy (non-hydrogen) atoms. The molecule has 0 aromatic heterocycles. The number of nitrogens with zero attached hydrogens (tertiary/aromatic N) is 1. The molecular weight excluding hydrogens is 392 g/mol. The number of likely N-dealkylation sites (tertiary alicyclic amines) is 1. The maximum absolute atomic E-state index is 13.0. The number of ketones is 1. The van der Waals surface area contributed by atoms with Crippen LogP contribution < -0.4 is 5.32 Å². The first-order valence-electron chi connectivity index (χ1n) is 10.7. The molecule has 0 aliphatic carbocycles. The Balaban J connectivity index is 1.45. The predicted octanol–water partition coefficient (Wildman–Crippen LogP) is 6.34. The third-order valence-corrected chi connectivity index (χ3v) is 5.90. The monoisotopic (exact) mass is 418 g/mol. The van der Waals surface area contributed by atoms with Gasteiger partial charge in [0.2, 0.25) is 0 Å². The summed E-state index contributed by atoms with van der Waals surface area (Å²) in [6.07, 6.45) is 5.09. The van der Waals surface area contributed by atoms with E-state index in [2.05, 4.69) is 34.5 Å². The van der Waals surface area contributed by atoms with Crippen molar-refractivity contribution in [1.29, 1.82) is 0 Å². The van der Waals surface area contributed by atoms with Crippen LogP contribution in [-0.4, -0.2) is 30.3 Å². The van der Waals surface area contributed by atoms with Gasteiger partial charge in [0.25, 0.3) is 0 Å². The van der Waals surface area contributed by atoms with Crippen LogP contribution in [0.2, 0.25) is 5.02 Å². The molecule has 1 fully saturated rings. The van der Waals surface area contributed by atoms with Crippen LogP contribution in [0.4, 0.5) is 11.4 Å². The summed E-state index contributed by atoms with van der Waals surface area (Å²) in [5, 5.41) is 3.94. The average Bonchev–Trinajstić information content (AvgIpc) is 2.80. The number of benzene rings is 3. The Kier molecular flexibility index (Phi) is 6.83. The highest BCUT2D eigenvalue weighted by molar-refractivity contribution is 6.31. The van der Waals surface area contributed by atoms with Crippen molar-refractivity contribution in [1.82, 2.24) is 4.90 Å². The second kappa shape index (κ2) is 9.92. The summed E-state index contributed by atoms with van der Waals surface area (Å²) in [7, 11) is 0. The molecule has 0 amide bonds. The van der Waals surface area contributed by atoms with Crippen LogP contribution in [0.1, 0.15) is 40.7 Å². The molecule has 3 aromatic carbocycles. The summed E-state index contributed by atoms with van der Waals surface area (Å²) in [5.74, 6) is -0.0428. The van der Waals surface area contributed by atoms with Gasteiger partial charge in [-0.15, -0.1) is 0 Å². The Hall–Kier alpha value is -2.62. The number of carbonyl (C=O) groups excluding carboxylic acids is 1. The summed E-state index contributed by atoms with van der Waals surface area (Å²) in [4.78, 5) is 15.6. The van der Waals surface area contributed by atoms with Gasteiger partial charge >= 0.3 is 0 Å². The van der Waals surface area contributed by atoms with Gasteiger partial charge in [0.05, 0.1) is 0 Å². The van der Waals surface area contributed by atoms with Gasteiger partial charge in [0.15, 0.2) is 5.78 Å². The molecule has 0 atom stereocenters. The van der Waals surface area contributed by atoms with E-state index in [1.54, 1.807) is 12.1 Å². The number of nitrogens with one attached hydrogen (secondary N) is 1. The fourth-order valence-electron chi connectivity index (χ4n) is 3.94. The summed E-state index contributed by atoms with van der Waals surface area (Å²) in [6, 6.07) is 23.2. The SMILES string of the molecule is O=C(c1ccccc1)c1cc(Cl)ccc1Nc1ccc(CCN2CCCCC2)cc1. The van der Waals surface area contributed by atoms with Crippen LogP contribution in [0.15, 0.2) is 72.8 Å². The zero-order valence-corrected chi connectivity index (χ0v) is 17.9. The van der Waals surface area contributed by atoms with E-state index in [1.807, 2.05) is 36.4 Å². The fourth-order valence-corrected chi connectivity index (χ4v) is 4.11. The van der Waals surface area contributed by atoms with E-state index in [9.17, 15) is 4.79 Å². The fraction of sp³-hybridized carbons (Fsp3) is 0.269. The standard InChI is InChI=1S/C26H27ClN2O/c27-22-11-14-25(24(19-22)26(30)21-7-3-1-4-8-21)28-23-12-9-20(10-13-23)15-18-29-16-5-2-6-17-29/h1,3-4,7-14,19,28H,2,5-6,15-18H2. The third kappa shape index (κ3) is 5.29. The molecular formula is C26H27ClN2O. The molecule has 3 aromatic rings. The molecule has 0 spiro atoms. The van der Waals surface area contributed by atoms with Gasteiger partial charge in [0.1, 0.15) is 0 Å². The molecule has 0 unspecified atom stereocenters. The summed E-state index contributed by atoms with van der Waals surface area (Å²) < 4.78 is 0. The minimum atomic E-state index is -0.0428. The van der Waals surface area contributed by atoms with Gasteiger partial charge in [0, 0.05) is 34.1 Å². The number of carbonyl (C=O) groups is 1. The van der Waals surface area contributed by atoms with Gasteiger partial charge in [-0.05, 0) is 68.2 Å². The molecule has 1 aliphatic rings. The van der Waals surface area contributed by atoms with Crippen molar-refractivity contribution in [3.05, 3.63) is 94.5 Å². The van der Waals surface area contributed by atoms with Gasteiger partial charge in [-0.2, -0.15) is 0 Å². The summed E-state index contributed by atoms with van der Waals surface area (Å²) in [6.45, 7) is 3.59. The largest absolute Gasteiger partial charge is 0.355 e. The zero-order chi connectivity index (χ0) is 20.8. The molecule has 1 aliphatic heterocycles. The van der Waals surface area contributed by atoms with Crippen molar-refractivity contribution in [3.8, 4) is 0 Å². The van der Waals surface area contributed by atoms with Gasteiger partial charge in [-0.3, -0.25) is 4.79 Å². The summed E-state index contributed by atoms with van der Waals surface area (Å²) in [5.41, 5.74) is 4.28. The number of hydrogen-bond donors (Lipinski definition) is 1. The van der Waals surface area contributed by atoms with Crippen LogP contribution in [0.25, 0.3) is 0 Å². The van der Waals surface area contributed by atoms with Gasteiger partial charge < -0.3 is 10.2 Å². The molecule has 3 nitrogen and oxygen atoms in total. The topological polar surface area (TPSA) is 32.3 Å². The van der Waals surface area contributed by atoms with Crippen molar-refractivity contribution < 1.29 is 4.79 Å².